The molecule has 0 unspecified atom stereocenters. The summed E-state index contributed by atoms with van der Waals surface area (Å²) in [5, 5.41) is 11.3. The number of ether oxygens (including phenoxy) is 1. The van der Waals surface area contributed by atoms with Crippen LogP contribution in [0.2, 0.25) is 0 Å². The van der Waals surface area contributed by atoms with Gasteiger partial charge < -0.3 is 15.2 Å². The Morgan fingerprint density at radius 1 is 1.07 bits per heavy atom. The molecule has 2 N–H and O–H groups in total. The molecule has 0 aliphatic heterocycles. The molecule has 2 rings (SSSR count). The van der Waals surface area contributed by atoms with Crippen LogP contribution in [0.4, 0.5) is 8.78 Å². The molecule has 0 radical (unpaired) electrons. The van der Waals surface area contributed by atoms with Crippen LogP contribution in [-0.2, 0) is 16.1 Å². The van der Waals surface area contributed by atoms with E-state index in [0.717, 1.165) is 29.5 Å². The summed E-state index contributed by atoms with van der Waals surface area (Å²) < 4.78 is 31.4. The number of nitrogens with one attached hydrogen (secondary N) is 1. The second-order valence-electron chi connectivity index (χ2n) is 5.63. The van der Waals surface area contributed by atoms with E-state index in [-0.39, 0.29) is 18.1 Å². The molecule has 27 heavy (non-hydrogen) atoms. The van der Waals surface area contributed by atoms with Crippen molar-refractivity contribution in [3.63, 3.8) is 0 Å². The van der Waals surface area contributed by atoms with E-state index >= 15 is 0 Å². The predicted octanol–water partition coefficient (Wildman–Crippen LogP) is 3.62. The minimum atomic E-state index is -0.939. The van der Waals surface area contributed by atoms with Gasteiger partial charge in [-0.3, -0.25) is 9.59 Å². The number of hydrogen-bond acceptors (Lipinski definition) is 4. The first-order chi connectivity index (χ1) is 12.9. The summed E-state index contributed by atoms with van der Waals surface area (Å²) in [6.45, 7) is 0.653. The van der Waals surface area contributed by atoms with E-state index in [2.05, 4.69) is 5.32 Å². The van der Waals surface area contributed by atoms with Crippen LogP contribution in [0.25, 0.3) is 0 Å². The molecule has 0 saturated heterocycles. The van der Waals surface area contributed by atoms with Crippen molar-refractivity contribution < 1.29 is 28.2 Å². The lowest BCUT2D eigenvalue weighted by atomic mass is 10.2. The molecule has 0 heterocycles. The molecule has 0 fully saturated rings. The fourth-order valence-electron chi connectivity index (χ4n) is 2.08. The number of hydrogen-bond donors (Lipinski definition) is 2. The number of amides is 1. The maximum absolute atomic E-state index is 13.1. The first-order valence-electron chi connectivity index (χ1n) is 8.22. The minimum Gasteiger partial charge on any atom is -0.494 e. The van der Waals surface area contributed by atoms with E-state index in [1.54, 1.807) is 24.3 Å². The van der Waals surface area contributed by atoms with Gasteiger partial charge in [0.25, 0.3) is 0 Å². The number of halogens is 2. The van der Waals surface area contributed by atoms with Gasteiger partial charge in [0.2, 0.25) is 5.91 Å². The number of benzene rings is 2. The van der Waals surface area contributed by atoms with Crippen LogP contribution in [0.5, 0.6) is 5.75 Å². The lowest BCUT2D eigenvalue weighted by Gasteiger charge is -2.08. The fraction of sp³-hybridized carbons (Fsp3) is 0.263. The van der Waals surface area contributed by atoms with Gasteiger partial charge in [-0.25, -0.2) is 8.78 Å². The average molecular weight is 395 g/mol. The van der Waals surface area contributed by atoms with E-state index < -0.39 is 17.6 Å². The summed E-state index contributed by atoms with van der Waals surface area (Å²) in [6.07, 6.45) is 0.495. The van der Waals surface area contributed by atoms with Crippen LogP contribution >= 0.6 is 11.8 Å². The summed E-state index contributed by atoms with van der Waals surface area (Å²) in [5.41, 5.74) is 0.874. The summed E-state index contributed by atoms with van der Waals surface area (Å²) in [4.78, 5) is 22.8. The van der Waals surface area contributed by atoms with Crippen molar-refractivity contribution in [2.75, 3.05) is 12.4 Å². The van der Waals surface area contributed by atoms with Gasteiger partial charge in [0.1, 0.15) is 5.75 Å². The van der Waals surface area contributed by atoms with Crippen molar-refractivity contribution in [2.45, 2.75) is 24.3 Å². The van der Waals surface area contributed by atoms with Crippen molar-refractivity contribution >= 4 is 23.6 Å². The highest BCUT2D eigenvalue weighted by Crippen LogP contribution is 2.20. The Bertz CT molecular complexity index is 784. The molecule has 0 atom stereocenters. The number of carboxylic acid groups (broad SMARTS) is 1. The summed E-state index contributed by atoms with van der Waals surface area (Å²) >= 11 is 1.12. The maximum Gasteiger partial charge on any atom is 0.303 e. The molecule has 2 aromatic carbocycles. The predicted molar refractivity (Wildman–Crippen MR) is 97.7 cm³/mol. The Morgan fingerprint density at radius 2 is 1.81 bits per heavy atom. The zero-order valence-corrected chi connectivity index (χ0v) is 15.2. The van der Waals surface area contributed by atoms with Crippen molar-refractivity contribution in [1.29, 1.82) is 0 Å². The third kappa shape index (κ3) is 7.65. The number of rotatable bonds is 10. The van der Waals surface area contributed by atoms with Gasteiger partial charge in [0, 0.05) is 17.9 Å². The smallest absolute Gasteiger partial charge is 0.303 e. The highest BCUT2D eigenvalue weighted by atomic mass is 32.2. The second-order valence-corrected chi connectivity index (χ2v) is 6.68. The second kappa shape index (κ2) is 10.5. The van der Waals surface area contributed by atoms with Crippen LogP contribution in [0.3, 0.4) is 0 Å². The molecule has 1 amide bonds. The van der Waals surface area contributed by atoms with Gasteiger partial charge in [-0.1, -0.05) is 12.1 Å². The Morgan fingerprint density at radius 3 is 2.48 bits per heavy atom. The van der Waals surface area contributed by atoms with Crippen molar-refractivity contribution in [1.82, 2.24) is 5.32 Å². The monoisotopic (exact) mass is 395 g/mol. The molecule has 0 saturated carbocycles. The van der Waals surface area contributed by atoms with Crippen LogP contribution in [0.15, 0.2) is 47.4 Å². The standard InChI is InChI=1S/C19H19F2NO4S/c20-16-8-7-15(10-17(16)21)27-12-18(23)22-11-13-3-5-14(6-4-13)26-9-1-2-19(24)25/h3-8,10H,1-2,9,11-12H2,(H,22,23)(H,24,25). The number of carbonyl (C=O) groups is 2. The molecular weight excluding hydrogens is 376 g/mol. The van der Waals surface area contributed by atoms with Crippen molar-refractivity contribution in [3.05, 3.63) is 59.7 Å². The Hall–Kier alpha value is -2.61. The summed E-state index contributed by atoms with van der Waals surface area (Å²) in [5.74, 6) is -2.21. The first kappa shape index (κ1) is 20.7. The average Bonchev–Trinajstić information content (AvgIpc) is 2.65. The van der Waals surface area contributed by atoms with Gasteiger partial charge in [-0.15, -0.1) is 11.8 Å². The molecule has 0 bridgehead atoms. The molecule has 0 aliphatic rings. The molecule has 2 aromatic rings. The minimum absolute atomic E-state index is 0.0622. The number of thioether (sulfide) groups is 1. The highest BCUT2D eigenvalue weighted by Gasteiger charge is 2.06. The van der Waals surface area contributed by atoms with Crippen molar-refractivity contribution in [3.8, 4) is 5.75 Å². The zero-order chi connectivity index (χ0) is 19.6. The fourth-order valence-corrected chi connectivity index (χ4v) is 2.84. The van der Waals surface area contributed by atoms with Gasteiger partial charge in [0.15, 0.2) is 11.6 Å². The SMILES string of the molecule is O=C(O)CCCOc1ccc(CNC(=O)CSc2ccc(F)c(F)c2)cc1. The number of aliphatic carboxylic acids is 1. The first-order valence-corrected chi connectivity index (χ1v) is 9.20. The van der Waals surface area contributed by atoms with Gasteiger partial charge in [-0.05, 0) is 42.3 Å². The number of carboxylic acids is 1. The van der Waals surface area contributed by atoms with E-state index in [0.29, 0.717) is 30.2 Å². The quantitative estimate of drug-likeness (QED) is 0.475. The van der Waals surface area contributed by atoms with Gasteiger partial charge in [-0.2, -0.15) is 0 Å². The normalized spacial score (nSPS) is 10.4. The van der Waals surface area contributed by atoms with Crippen molar-refractivity contribution in [2.24, 2.45) is 0 Å². The van der Waals surface area contributed by atoms with E-state index in [4.69, 9.17) is 9.84 Å². The third-order valence-corrected chi connectivity index (χ3v) is 4.47. The maximum atomic E-state index is 13.1. The van der Waals surface area contributed by atoms with Gasteiger partial charge in [0.05, 0.1) is 12.4 Å². The molecular formula is C19H19F2NO4S. The van der Waals surface area contributed by atoms with Crippen LogP contribution < -0.4 is 10.1 Å². The topological polar surface area (TPSA) is 75.6 Å². The largest absolute Gasteiger partial charge is 0.494 e. The Labute approximate surface area is 159 Å². The Balaban J connectivity index is 1.69. The van der Waals surface area contributed by atoms with E-state index in [1.807, 2.05) is 0 Å². The van der Waals surface area contributed by atoms with Crippen LogP contribution in [0.1, 0.15) is 18.4 Å². The molecule has 0 aromatic heterocycles. The molecule has 144 valence electrons. The zero-order valence-electron chi connectivity index (χ0n) is 14.4. The lowest BCUT2D eigenvalue weighted by Crippen LogP contribution is -2.24. The summed E-state index contributed by atoms with van der Waals surface area (Å²) in [7, 11) is 0. The molecule has 0 spiro atoms. The molecule has 5 nitrogen and oxygen atoms in total. The van der Waals surface area contributed by atoms with Crippen LogP contribution in [0, 0.1) is 11.6 Å². The molecule has 0 aliphatic carbocycles. The number of carbonyl (C=O) groups excluding carboxylic acids is 1. The highest BCUT2D eigenvalue weighted by molar-refractivity contribution is 8.00. The lowest BCUT2D eigenvalue weighted by molar-refractivity contribution is -0.137. The molecule has 8 heteroatoms. The third-order valence-electron chi connectivity index (χ3n) is 3.48. The van der Waals surface area contributed by atoms with Crippen LogP contribution in [-0.4, -0.2) is 29.3 Å². The van der Waals surface area contributed by atoms with Gasteiger partial charge >= 0.3 is 5.97 Å². The van der Waals surface area contributed by atoms with E-state index in [9.17, 15) is 18.4 Å². The Kier molecular flexibility index (Phi) is 8.06. The van der Waals surface area contributed by atoms with E-state index in [1.165, 1.54) is 6.07 Å². The summed E-state index contributed by atoms with van der Waals surface area (Å²) in [6, 6.07) is 10.6.